The molecule has 0 saturated carbocycles. The summed E-state index contributed by atoms with van der Waals surface area (Å²) in [6.45, 7) is 2.00. The van der Waals surface area contributed by atoms with E-state index in [1.807, 2.05) is 54.6 Å². The van der Waals surface area contributed by atoms with Gasteiger partial charge in [0, 0.05) is 30.1 Å². The van der Waals surface area contributed by atoms with Crippen LogP contribution in [-0.2, 0) is 23.2 Å². The minimum Gasteiger partial charge on any atom is -0.456 e. The molecule has 0 saturated heterocycles. The van der Waals surface area contributed by atoms with Crippen LogP contribution in [0, 0.1) is 0 Å². The van der Waals surface area contributed by atoms with Crippen molar-refractivity contribution in [1.29, 1.82) is 0 Å². The molecule has 0 radical (unpaired) electrons. The first-order chi connectivity index (χ1) is 15.1. The first-order valence-corrected chi connectivity index (χ1v) is 9.98. The second-order valence-corrected chi connectivity index (χ2v) is 7.09. The van der Waals surface area contributed by atoms with Gasteiger partial charge < -0.3 is 14.6 Å². The zero-order valence-electron chi connectivity index (χ0n) is 17.3. The quantitative estimate of drug-likeness (QED) is 0.474. The molecule has 7 heteroatoms. The van der Waals surface area contributed by atoms with Crippen molar-refractivity contribution in [2.45, 2.75) is 20.0 Å². The molecule has 156 valence electrons. The van der Waals surface area contributed by atoms with Crippen LogP contribution in [0.4, 0.5) is 5.69 Å². The summed E-state index contributed by atoms with van der Waals surface area (Å²) < 4.78 is 7.20. The molecule has 1 N–H and O–H groups in total. The highest BCUT2D eigenvalue weighted by molar-refractivity contribution is 5.99. The second kappa shape index (κ2) is 8.79. The van der Waals surface area contributed by atoms with Crippen LogP contribution in [0.15, 0.2) is 67.0 Å². The van der Waals surface area contributed by atoms with Gasteiger partial charge in [0.1, 0.15) is 24.3 Å². The number of ether oxygens (including phenoxy) is 1. The molecule has 31 heavy (non-hydrogen) atoms. The molecule has 0 fully saturated rings. The van der Waals surface area contributed by atoms with Crippen molar-refractivity contribution >= 4 is 28.6 Å². The Morgan fingerprint density at radius 3 is 2.48 bits per heavy atom. The summed E-state index contributed by atoms with van der Waals surface area (Å²) in [5.41, 5.74) is 4.25. The number of aromatic nitrogens is 3. The number of fused-ring (bicyclic) bond motifs is 1. The van der Waals surface area contributed by atoms with Gasteiger partial charge in [-0.2, -0.15) is 0 Å². The van der Waals surface area contributed by atoms with Crippen molar-refractivity contribution in [3.63, 3.8) is 0 Å². The van der Waals surface area contributed by atoms with Gasteiger partial charge in [0.2, 0.25) is 5.91 Å². The van der Waals surface area contributed by atoms with E-state index in [0.717, 1.165) is 22.2 Å². The van der Waals surface area contributed by atoms with E-state index in [0.29, 0.717) is 23.5 Å². The first-order valence-electron chi connectivity index (χ1n) is 9.98. The van der Waals surface area contributed by atoms with Crippen LogP contribution < -0.4 is 5.32 Å². The molecule has 7 nitrogen and oxygen atoms in total. The lowest BCUT2D eigenvalue weighted by molar-refractivity contribution is -0.115. The number of benzene rings is 2. The molecular weight excluding hydrogens is 392 g/mol. The number of hydrogen-bond acceptors (Lipinski definition) is 5. The van der Waals surface area contributed by atoms with Crippen molar-refractivity contribution in [3.05, 3.63) is 78.2 Å². The number of anilines is 1. The number of hydrogen-bond donors (Lipinski definition) is 1. The Morgan fingerprint density at radius 2 is 1.77 bits per heavy atom. The fourth-order valence-corrected chi connectivity index (χ4v) is 3.32. The highest BCUT2D eigenvalue weighted by atomic mass is 16.5. The number of amides is 1. The van der Waals surface area contributed by atoms with E-state index in [1.54, 1.807) is 24.6 Å². The number of carbonyl (C=O) groups is 2. The van der Waals surface area contributed by atoms with Crippen LogP contribution in [0.2, 0.25) is 0 Å². The molecule has 4 aromatic rings. The van der Waals surface area contributed by atoms with Crippen LogP contribution in [0.1, 0.15) is 29.4 Å². The number of carbonyl (C=O) groups excluding carboxylic acids is 2. The van der Waals surface area contributed by atoms with Crippen molar-refractivity contribution in [2.75, 3.05) is 5.32 Å². The molecule has 2 heterocycles. The van der Waals surface area contributed by atoms with Crippen molar-refractivity contribution in [1.82, 2.24) is 14.5 Å². The van der Waals surface area contributed by atoms with E-state index < -0.39 is 5.97 Å². The van der Waals surface area contributed by atoms with Crippen LogP contribution in [-0.4, -0.2) is 26.4 Å². The Morgan fingerprint density at radius 1 is 1.03 bits per heavy atom. The maximum absolute atomic E-state index is 12.7. The average molecular weight is 414 g/mol. The lowest BCUT2D eigenvalue weighted by atomic mass is 10.1. The Labute approximate surface area is 179 Å². The number of nitrogens with one attached hydrogen (secondary N) is 1. The van der Waals surface area contributed by atoms with Gasteiger partial charge in [-0.3, -0.25) is 4.79 Å². The van der Waals surface area contributed by atoms with Gasteiger partial charge in [-0.05, 0) is 23.8 Å². The third kappa shape index (κ3) is 4.30. The molecule has 1 amide bonds. The number of nitrogens with zero attached hydrogens (tertiary/aromatic N) is 3. The summed E-state index contributed by atoms with van der Waals surface area (Å²) in [7, 11) is 1.78. The third-order valence-electron chi connectivity index (χ3n) is 5.01. The second-order valence-electron chi connectivity index (χ2n) is 7.09. The van der Waals surface area contributed by atoms with E-state index in [-0.39, 0.29) is 12.5 Å². The minimum absolute atomic E-state index is 0.0427. The zero-order valence-corrected chi connectivity index (χ0v) is 17.3. The monoisotopic (exact) mass is 414 g/mol. The summed E-state index contributed by atoms with van der Waals surface area (Å²) in [4.78, 5) is 33.1. The van der Waals surface area contributed by atoms with E-state index in [2.05, 4.69) is 15.3 Å². The molecule has 2 aromatic carbocycles. The molecule has 0 unspecified atom stereocenters. The molecule has 0 aliphatic heterocycles. The van der Waals surface area contributed by atoms with Crippen molar-refractivity contribution in [2.24, 2.45) is 7.05 Å². The van der Waals surface area contributed by atoms with Gasteiger partial charge in [-0.15, -0.1) is 0 Å². The molecule has 0 aliphatic rings. The fraction of sp³-hybridized carbons (Fsp3) is 0.167. The molecular formula is C24H22N4O3. The summed E-state index contributed by atoms with van der Waals surface area (Å²) in [6.07, 6.45) is 1.89. The van der Waals surface area contributed by atoms with E-state index in [1.165, 1.54) is 6.33 Å². The van der Waals surface area contributed by atoms with Gasteiger partial charge in [-0.25, -0.2) is 14.8 Å². The van der Waals surface area contributed by atoms with Crippen LogP contribution in [0.5, 0.6) is 0 Å². The van der Waals surface area contributed by atoms with Crippen LogP contribution >= 0.6 is 0 Å². The zero-order chi connectivity index (χ0) is 21.8. The smallest absolute Gasteiger partial charge is 0.355 e. The van der Waals surface area contributed by atoms with Gasteiger partial charge in [0.25, 0.3) is 0 Å². The number of rotatable bonds is 6. The third-order valence-corrected chi connectivity index (χ3v) is 5.01. The highest BCUT2D eigenvalue weighted by Crippen LogP contribution is 2.28. The topological polar surface area (TPSA) is 86.1 Å². The minimum atomic E-state index is -0.423. The van der Waals surface area contributed by atoms with Gasteiger partial charge in [0.05, 0.1) is 5.69 Å². The summed E-state index contributed by atoms with van der Waals surface area (Å²) in [5, 5.41) is 3.58. The van der Waals surface area contributed by atoms with Gasteiger partial charge in [0.15, 0.2) is 0 Å². The molecule has 4 rings (SSSR count). The Hall–Kier alpha value is -4.00. The predicted molar refractivity (Wildman–Crippen MR) is 118 cm³/mol. The van der Waals surface area contributed by atoms with E-state index in [9.17, 15) is 9.59 Å². The normalized spacial score (nSPS) is 10.8. The summed E-state index contributed by atoms with van der Waals surface area (Å²) >= 11 is 0. The Balaban J connectivity index is 1.61. The SMILES string of the molecule is CCC(=O)Nc1ccc(-c2ncnc3c2cc(C(=O)OCc2ccccc2)n3C)cc1. The van der Waals surface area contributed by atoms with Crippen LogP contribution in [0.3, 0.4) is 0 Å². The number of aryl methyl sites for hydroxylation is 1. The average Bonchev–Trinajstić information content (AvgIpc) is 3.15. The molecule has 0 bridgehead atoms. The first kappa shape index (κ1) is 20.3. The fourth-order valence-electron chi connectivity index (χ4n) is 3.32. The Bertz CT molecular complexity index is 1230. The Kier molecular flexibility index (Phi) is 5.75. The predicted octanol–water partition coefficient (Wildman–Crippen LogP) is 4.34. The van der Waals surface area contributed by atoms with Crippen molar-refractivity contribution in [3.8, 4) is 11.3 Å². The molecule has 0 aliphatic carbocycles. The molecule has 0 spiro atoms. The standard InChI is InChI=1S/C24H22N4O3/c1-3-21(29)27-18-11-9-17(10-12-18)22-19-13-20(28(2)23(19)26-15-25-22)24(30)31-14-16-7-5-4-6-8-16/h4-13,15H,3,14H2,1-2H3,(H,27,29). The maximum Gasteiger partial charge on any atom is 0.355 e. The van der Waals surface area contributed by atoms with E-state index >= 15 is 0 Å². The maximum atomic E-state index is 12.7. The van der Waals surface area contributed by atoms with E-state index in [4.69, 9.17) is 4.74 Å². The number of esters is 1. The highest BCUT2D eigenvalue weighted by Gasteiger charge is 2.19. The van der Waals surface area contributed by atoms with Crippen molar-refractivity contribution < 1.29 is 14.3 Å². The van der Waals surface area contributed by atoms with Gasteiger partial charge >= 0.3 is 5.97 Å². The molecule has 2 aromatic heterocycles. The molecule has 0 atom stereocenters. The lowest BCUT2D eigenvalue weighted by Crippen LogP contribution is -2.10. The summed E-state index contributed by atoms with van der Waals surface area (Å²) in [5.74, 6) is -0.466. The van der Waals surface area contributed by atoms with Crippen LogP contribution in [0.25, 0.3) is 22.3 Å². The summed E-state index contributed by atoms with van der Waals surface area (Å²) in [6, 6.07) is 18.7. The lowest BCUT2D eigenvalue weighted by Gasteiger charge is -2.06. The largest absolute Gasteiger partial charge is 0.456 e. The van der Waals surface area contributed by atoms with Gasteiger partial charge in [-0.1, -0.05) is 49.4 Å².